The second-order valence-electron chi connectivity index (χ2n) is 7.77. The molecule has 0 aliphatic rings. The maximum atomic E-state index is 5.80. The van der Waals surface area contributed by atoms with E-state index < -0.39 is 0 Å². The predicted molar refractivity (Wildman–Crippen MR) is 116 cm³/mol. The molecule has 0 radical (unpaired) electrons. The van der Waals surface area contributed by atoms with Crippen LogP contribution in [0, 0.1) is 0 Å². The Hall–Kier alpha value is -2.57. The van der Waals surface area contributed by atoms with Gasteiger partial charge in [0, 0.05) is 19.6 Å². The Labute approximate surface area is 173 Å². The lowest BCUT2D eigenvalue weighted by Crippen LogP contribution is -2.26. The molecular formula is C23H32N6. The monoisotopic (exact) mass is 392 g/mol. The van der Waals surface area contributed by atoms with Crippen LogP contribution in [0.1, 0.15) is 73.7 Å². The van der Waals surface area contributed by atoms with E-state index in [2.05, 4.69) is 90.1 Å². The molecule has 3 rings (SSSR count). The average Bonchev–Trinajstić information content (AvgIpc) is 3.21. The van der Waals surface area contributed by atoms with E-state index in [-0.39, 0.29) is 6.04 Å². The highest BCUT2D eigenvalue weighted by Gasteiger charge is 2.21. The third kappa shape index (κ3) is 5.49. The van der Waals surface area contributed by atoms with Gasteiger partial charge in [-0.25, -0.2) is 4.68 Å². The van der Waals surface area contributed by atoms with Crippen molar-refractivity contribution >= 4 is 0 Å². The van der Waals surface area contributed by atoms with Crippen molar-refractivity contribution in [2.24, 2.45) is 5.73 Å². The van der Waals surface area contributed by atoms with E-state index >= 15 is 0 Å². The number of hydrogen-bond donors (Lipinski definition) is 2. The summed E-state index contributed by atoms with van der Waals surface area (Å²) in [5.41, 5.74) is 10.6. The third-order valence-corrected chi connectivity index (χ3v) is 5.22. The fourth-order valence-electron chi connectivity index (χ4n) is 3.40. The Kier molecular flexibility index (Phi) is 7.49. The lowest BCUT2D eigenvalue weighted by atomic mass is 9.98. The fraction of sp³-hybridized carbons (Fsp3) is 0.435. The van der Waals surface area contributed by atoms with Gasteiger partial charge < -0.3 is 5.73 Å². The van der Waals surface area contributed by atoms with Crippen LogP contribution in [0.4, 0.5) is 0 Å². The van der Waals surface area contributed by atoms with Crippen molar-refractivity contribution in [1.82, 2.24) is 25.5 Å². The van der Waals surface area contributed by atoms with Gasteiger partial charge in [-0.3, -0.25) is 5.32 Å². The van der Waals surface area contributed by atoms with Gasteiger partial charge in [-0.15, -0.1) is 5.10 Å². The molecule has 0 saturated carbocycles. The molecule has 0 amide bonds. The van der Waals surface area contributed by atoms with Crippen LogP contribution < -0.4 is 11.1 Å². The zero-order valence-corrected chi connectivity index (χ0v) is 17.7. The highest BCUT2D eigenvalue weighted by Crippen LogP contribution is 2.24. The molecule has 1 aromatic heterocycles. The number of nitrogens with one attached hydrogen (secondary N) is 1. The molecule has 1 atom stereocenters. The highest BCUT2D eigenvalue weighted by molar-refractivity contribution is 5.30. The van der Waals surface area contributed by atoms with Gasteiger partial charge in [-0.2, -0.15) is 0 Å². The molecule has 154 valence electrons. The van der Waals surface area contributed by atoms with E-state index in [0.29, 0.717) is 19.0 Å². The SMILES string of the molecule is CCCCn1nnnc1C(NCc1cccc(CN)c1)c1ccc(C(C)C)cc1. The topological polar surface area (TPSA) is 81.7 Å². The molecule has 1 unspecified atom stereocenters. The summed E-state index contributed by atoms with van der Waals surface area (Å²) in [6.45, 7) is 8.67. The summed E-state index contributed by atoms with van der Waals surface area (Å²) in [4.78, 5) is 0. The average molecular weight is 393 g/mol. The molecule has 6 heteroatoms. The van der Waals surface area contributed by atoms with Crippen molar-refractivity contribution in [1.29, 1.82) is 0 Å². The van der Waals surface area contributed by atoms with Crippen LogP contribution in [0.2, 0.25) is 0 Å². The largest absolute Gasteiger partial charge is 0.326 e. The summed E-state index contributed by atoms with van der Waals surface area (Å²) in [5.74, 6) is 1.36. The lowest BCUT2D eigenvalue weighted by molar-refractivity contribution is 0.488. The van der Waals surface area contributed by atoms with E-state index in [1.807, 2.05) is 4.68 Å². The number of nitrogens with two attached hydrogens (primary N) is 1. The molecule has 1 heterocycles. The van der Waals surface area contributed by atoms with E-state index in [1.165, 1.54) is 11.1 Å². The Bertz CT molecular complexity index is 884. The molecule has 2 aromatic carbocycles. The molecule has 0 spiro atoms. The molecule has 0 bridgehead atoms. The summed E-state index contributed by atoms with van der Waals surface area (Å²) in [7, 11) is 0. The number of hydrogen-bond acceptors (Lipinski definition) is 5. The molecule has 0 saturated heterocycles. The van der Waals surface area contributed by atoms with E-state index in [9.17, 15) is 0 Å². The second-order valence-corrected chi connectivity index (χ2v) is 7.77. The number of aryl methyl sites for hydroxylation is 1. The zero-order chi connectivity index (χ0) is 20.6. The normalized spacial score (nSPS) is 12.4. The highest BCUT2D eigenvalue weighted by atomic mass is 15.5. The second kappa shape index (κ2) is 10.3. The van der Waals surface area contributed by atoms with Gasteiger partial charge in [-0.05, 0) is 45.0 Å². The minimum atomic E-state index is -0.0791. The summed E-state index contributed by atoms with van der Waals surface area (Å²) < 4.78 is 1.92. The summed E-state index contributed by atoms with van der Waals surface area (Å²) in [6, 6.07) is 17.0. The maximum absolute atomic E-state index is 5.80. The van der Waals surface area contributed by atoms with Crippen LogP contribution in [0.5, 0.6) is 0 Å². The van der Waals surface area contributed by atoms with Crippen LogP contribution in [-0.4, -0.2) is 20.2 Å². The Morgan fingerprint density at radius 2 is 1.76 bits per heavy atom. The van der Waals surface area contributed by atoms with E-state index in [0.717, 1.165) is 36.3 Å². The first-order valence-corrected chi connectivity index (χ1v) is 10.5. The smallest absolute Gasteiger partial charge is 0.172 e. The molecule has 3 N–H and O–H groups in total. The van der Waals surface area contributed by atoms with Crippen molar-refractivity contribution in [2.45, 2.75) is 65.2 Å². The number of tetrazole rings is 1. The first kappa shape index (κ1) is 21.1. The van der Waals surface area contributed by atoms with Gasteiger partial charge in [0.1, 0.15) is 0 Å². The lowest BCUT2D eigenvalue weighted by Gasteiger charge is -2.20. The van der Waals surface area contributed by atoms with Crippen molar-refractivity contribution in [3.8, 4) is 0 Å². The first-order valence-electron chi connectivity index (χ1n) is 10.5. The Morgan fingerprint density at radius 3 is 2.45 bits per heavy atom. The number of aromatic nitrogens is 4. The van der Waals surface area contributed by atoms with Crippen molar-refractivity contribution in [3.05, 3.63) is 76.6 Å². The Balaban J connectivity index is 1.87. The minimum absolute atomic E-state index is 0.0791. The summed E-state index contributed by atoms with van der Waals surface area (Å²) in [6.07, 6.45) is 2.15. The number of benzene rings is 2. The molecular weight excluding hydrogens is 360 g/mol. The third-order valence-electron chi connectivity index (χ3n) is 5.22. The van der Waals surface area contributed by atoms with Gasteiger partial charge in [0.15, 0.2) is 5.82 Å². The molecule has 6 nitrogen and oxygen atoms in total. The van der Waals surface area contributed by atoms with E-state index in [1.54, 1.807) is 0 Å². The van der Waals surface area contributed by atoms with Crippen molar-refractivity contribution in [2.75, 3.05) is 0 Å². The van der Waals surface area contributed by atoms with Crippen LogP contribution >= 0.6 is 0 Å². The first-order chi connectivity index (χ1) is 14.1. The number of rotatable bonds is 10. The Morgan fingerprint density at radius 1 is 1.03 bits per heavy atom. The van der Waals surface area contributed by atoms with Crippen LogP contribution in [0.25, 0.3) is 0 Å². The van der Waals surface area contributed by atoms with E-state index in [4.69, 9.17) is 5.73 Å². The quantitative estimate of drug-likeness (QED) is 0.546. The van der Waals surface area contributed by atoms with Gasteiger partial charge in [0.2, 0.25) is 0 Å². The van der Waals surface area contributed by atoms with Crippen LogP contribution in [-0.2, 0) is 19.6 Å². The molecule has 0 aliphatic carbocycles. The van der Waals surface area contributed by atoms with Crippen molar-refractivity contribution < 1.29 is 0 Å². The van der Waals surface area contributed by atoms with Crippen LogP contribution in [0.15, 0.2) is 48.5 Å². The van der Waals surface area contributed by atoms with Gasteiger partial charge >= 0.3 is 0 Å². The van der Waals surface area contributed by atoms with Gasteiger partial charge in [0.05, 0.1) is 6.04 Å². The predicted octanol–water partition coefficient (Wildman–Crippen LogP) is 3.93. The maximum Gasteiger partial charge on any atom is 0.172 e. The van der Waals surface area contributed by atoms with Gasteiger partial charge in [-0.1, -0.05) is 75.7 Å². The molecule has 3 aromatic rings. The van der Waals surface area contributed by atoms with Gasteiger partial charge in [0.25, 0.3) is 0 Å². The molecule has 29 heavy (non-hydrogen) atoms. The van der Waals surface area contributed by atoms with Crippen LogP contribution in [0.3, 0.4) is 0 Å². The zero-order valence-electron chi connectivity index (χ0n) is 17.7. The molecule has 0 fully saturated rings. The molecule has 0 aliphatic heterocycles. The minimum Gasteiger partial charge on any atom is -0.326 e. The van der Waals surface area contributed by atoms with Crippen molar-refractivity contribution in [3.63, 3.8) is 0 Å². The number of nitrogens with zero attached hydrogens (tertiary/aromatic N) is 4. The number of unbranched alkanes of at least 4 members (excludes halogenated alkanes) is 1. The summed E-state index contributed by atoms with van der Waals surface area (Å²) in [5, 5.41) is 16.2. The fourth-order valence-corrected chi connectivity index (χ4v) is 3.40. The standard InChI is InChI=1S/C23H32N6/c1-4-5-13-29-23(26-27-28-29)22(21-11-9-20(10-12-21)17(2)3)25-16-19-8-6-7-18(14-19)15-24/h6-12,14,17,22,25H,4-5,13,15-16,24H2,1-3H3. The summed E-state index contributed by atoms with van der Waals surface area (Å²) >= 11 is 0.